The normalized spacial score (nSPS) is 15.7. The van der Waals surface area contributed by atoms with Crippen molar-refractivity contribution in [3.63, 3.8) is 0 Å². The average Bonchev–Trinajstić information content (AvgIpc) is 3.33. The van der Waals surface area contributed by atoms with Gasteiger partial charge in [0.2, 0.25) is 0 Å². The first-order valence-electron chi connectivity index (χ1n) is 11.9. The van der Waals surface area contributed by atoms with Crippen LogP contribution in [-0.2, 0) is 5.41 Å². The van der Waals surface area contributed by atoms with Gasteiger partial charge in [-0.3, -0.25) is 9.55 Å². The van der Waals surface area contributed by atoms with E-state index in [2.05, 4.69) is 61.3 Å². The monoisotopic (exact) mass is 404 g/mol. The largest absolute Gasteiger partial charge is 0.291 e. The lowest BCUT2D eigenvalue weighted by atomic mass is 9.82. The van der Waals surface area contributed by atoms with E-state index in [0.29, 0.717) is 16.9 Å². The molecule has 1 aliphatic carbocycles. The van der Waals surface area contributed by atoms with Crippen LogP contribution in [0.1, 0.15) is 34.8 Å². The molecule has 3 aromatic carbocycles. The zero-order valence-electron chi connectivity index (χ0n) is 20.4. The van der Waals surface area contributed by atoms with Gasteiger partial charge in [-0.1, -0.05) is 68.4 Å². The Morgan fingerprint density at radius 1 is 0.839 bits per heavy atom. The summed E-state index contributed by atoms with van der Waals surface area (Å²) < 4.78 is 26.2. The van der Waals surface area contributed by atoms with Gasteiger partial charge in [-0.2, -0.15) is 0 Å². The Morgan fingerprint density at radius 2 is 1.61 bits per heavy atom. The molecule has 0 amide bonds. The van der Waals surface area contributed by atoms with Crippen molar-refractivity contribution in [2.45, 2.75) is 26.1 Å². The summed E-state index contributed by atoms with van der Waals surface area (Å²) in [7, 11) is 0. The minimum atomic E-state index is -2.36. The van der Waals surface area contributed by atoms with Gasteiger partial charge in [-0.15, -0.1) is 0 Å². The van der Waals surface area contributed by atoms with E-state index in [0.717, 1.165) is 11.3 Å². The first-order valence-corrected chi connectivity index (χ1v) is 10.4. The lowest BCUT2D eigenvalue weighted by Gasteiger charge is -2.21. The predicted octanol–water partition coefficient (Wildman–Crippen LogP) is 6.70. The number of pyridine rings is 1. The van der Waals surface area contributed by atoms with Crippen LogP contribution >= 0.6 is 0 Å². The van der Waals surface area contributed by atoms with Crippen molar-refractivity contribution in [3.8, 4) is 28.2 Å². The SMILES string of the molecule is [2H]C([2H])([2H])c1nccc2nc(-c3ccc4c(c3)-c3ccccc3C4(C)C)n(-c3ccccc3)c12. The van der Waals surface area contributed by atoms with Gasteiger partial charge in [-0.25, -0.2) is 4.98 Å². The maximum Gasteiger partial charge on any atom is 0.145 e. The Hall–Kier alpha value is -3.72. The predicted molar refractivity (Wildman–Crippen MR) is 127 cm³/mol. The van der Waals surface area contributed by atoms with Crippen LogP contribution in [0.3, 0.4) is 0 Å². The molecular weight excluding hydrogens is 378 g/mol. The molecule has 1 aliphatic rings. The molecule has 0 spiro atoms. The van der Waals surface area contributed by atoms with Gasteiger partial charge in [0.05, 0.1) is 16.7 Å². The van der Waals surface area contributed by atoms with E-state index >= 15 is 0 Å². The van der Waals surface area contributed by atoms with Crippen LogP contribution in [-0.4, -0.2) is 14.5 Å². The molecule has 31 heavy (non-hydrogen) atoms. The van der Waals surface area contributed by atoms with Gasteiger partial charge in [0.25, 0.3) is 0 Å². The van der Waals surface area contributed by atoms with Gasteiger partial charge in [0.1, 0.15) is 5.82 Å². The smallest absolute Gasteiger partial charge is 0.145 e. The molecule has 6 rings (SSSR count). The third-order valence-electron chi connectivity index (χ3n) is 6.42. The third kappa shape index (κ3) is 2.53. The van der Waals surface area contributed by atoms with Gasteiger partial charge in [0, 0.05) is 27.0 Å². The molecular formula is C28H23N3. The number of aromatic nitrogens is 3. The highest BCUT2D eigenvalue weighted by molar-refractivity contribution is 5.88. The molecule has 0 bridgehead atoms. The highest BCUT2D eigenvalue weighted by Crippen LogP contribution is 2.49. The lowest BCUT2D eigenvalue weighted by Crippen LogP contribution is -2.14. The Labute approximate surface area is 186 Å². The molecule has 0 atom stereocenters. The second kappa shape index (κ2) is 6.39. The van der Waals surface area contributed by atoms with E-state index in [9.17, 15) is 0 Å². The molecule has 5 aromatic rings. The summed E-state index contributed by atoms with van der Waals surface area (Å²) in [6, 6.07) is 26.5. The number of benzene rings is 3. The molecule has 0 radical (unpaired) electrons. The number of fused-ring (bicyclic) bond motifs is 4. The molecule has 0 aliphatic heterocycles. The molecule has 0 fully saturated rings. The molecule has 2 aromatic heterocycles. The number of nitrogens with zero attached hydrogens (tertiary/aromatic N) is 3. The summed E-state index contributed by atoms with van der Waals surface area (Å²) >= 11 is 0. The molecule has 0 saturated heterocycles. The highest BCUT2D eigenvalue weighted by Gasteiger charge is 2.35. The van der Waals surface area contributed by atoms with E-state index in [4.69, 9.17) is 9.10 Å². The first-order chi connectivity index (χ1) is 16.3. The highest BCUT2D eigenvalue weighted by atomic mass is 15.1. The molecule has 0 N–H and O–H groups in total. The topological polar surface area (TPSA) is 30.7 Å². The summed E-state index contributed by atoms with van der Waals surface area (Å²) in [5.41, 5.74) is 7.91. The van der Waals surface area contributed by atoms with Gasteiger partial charge >= 0.3 is 0 Å². The Kier molecular flexibility index (Phi) is 3.12. The number of hydrogen-bond donors (Lipinski definition) is 0. The minimum Gasteiger partial charge on any atom is -0.291 e. The summed E-state index contributed by atoms with van der Waals surface area (Å²) in [4.78, 5) is 9.18. The van der Waals surface area contributed by atoms with E-state index < -0.39 is 6.85 Å². The van der Waals surface area contributed by atoms with Crippen LogP contribution in [0.25, 0.3) is 39.2 Å². The number of rotatable bonds is 2. The zero-order chi connectivity index (χ0) is 23.7. The van der Waals surface area contributed by atoms with Crippen LogP contribution in [0.4, 0.5) is 0 Å². The summed E-state index contributed by atoms with van der Waals surface area (Å²) in [5.74, 6) is 0.699. The average molecular weight is 405 g/mol. The molecule has 0 unspecified atom stereocenters. The fourth-order valence-electron chi connectivity index (χ4n) is 4.91. The number of para-hydroxylation sites is 1. The van der Waals surface area contributed by atoms with E-state index in [1.807, 2.05) is 34.9 Å². The van der Waals surface area contributed by atoms with Crippen molar-refractivity contribution in [1.82, 2.24) is 14.5 Å². The maximum atomic E-state index is 8.08. The van der Waals surface area contributed by atoms with Crippen LogP contribution in [0, 0.1) is 6.85 Å². The Balaban J connectivity index is 1.67. The van der Waals surface area contributed by atoms with Crippen molar-refractivity contribution in [2.24, 2.45) is 0 Å². The van der Waals surface area contributed by atoms with E-state index in [-0.39, 0.29) is 11.1 Å². The fourth-order valence-corrected chi connectivity index (χ4v) is 4.91. The van der Waals surface area contributed by atoms with Crippen LogP contribution in [0.15, 0.2) is 85.1 Å². The van der Waals surface area contributed by atoms with Crippen LogP contribution < -0.4 is 0 Å². The third-order valence-corrected chi connectivity index (χ3v) is 6.42. The van der Waals surface area contributed by atoms with E-state index in [1.54, 1.807) is 6.07 Å². The van der Waals surface area contributed by atoms with Crippen LogP contribution in [0.5, 0.6) is 0 Å². The second-order valence-corrected chi connectivity index (χ2v) is 8.56. The van der Waals surface area contributed by atoms with Crippen molar-refractivity contribution in [1.29, 1.82) is 0 Å². The molecule has 0 saturated carbocycles. The fraction of sp³-hybridized carbons (Fsp3) is 0.143. The first kappa shape index (κ1) is 15.1. The molecule has 150 valence electrons. The second-order valence-electron chi connectivity index (χ2n) is 8.56. The van der Waals surface area contributed by atoms with Crippen molar-refractivity contribution < 1.29 is 4.11 Å². The summed E-state index contributed by atoms with van der Waals surface area (Å²) in [6.07, 6.45) is 1.53. The minimum absolute atomic E-state index is 0.0558. The quantitative estimate of drug-likeness (QED) is 0.328. The molecule has 3 heteroatoms. The van der Waals surface area contributed by atoms with Gasteiger partial charge in [-0.05, 0) is 53.4 Å². The summed E-state index contributed by atoms with van der Waals surface area (Å²) in [6.45, 7) is 2.15. The number of imidazole rings is 1. The standard InChI is InChI=1S/C28H23N3/c1-18-26-25(15-16-29-18)30-27(31(26)20-9-5-4-6-10-20)19-13-14-24-22(17-19)21-11-7-8-12-23(21)28(24,2)3/h4-17H,1-3H3/i1D3. The van der Waals surface area contributed by atoms with Crippen LogP contribution in [0.2, 0.25) is 0 Å². The summed E-state index contributed by atoms with van der Waals surface area (Å²) in [5, 5.41) is 0. The van der Waals surface area contributed by atoms with E-state index in [1.165, 1.54) is 28.5 Å². The van der Waals surface area contributed by atoms with Crippen molar-refractivity contribution in [2.75, 3.05) is 0 Å². The Bertz CT molecular complexity index is 1560. The zero-order valence-corrected chi connectivity index (χ0v) is 17.4. The maximum absolute atomic E-state index is 8.08. The Morgan fingerprint density at radius 3 is 2.45 bits per heavy atom. The van der Waals surface area contributed by atoms with Crippen molar-refractivity contribution >= 4 is 11.0 Å². The number of aryl methyl sites for hydroxylation is 1. The molecule has 2 heterocycles. The molecule has 3 nitrogen and oxygen atoms in total. The number of hydrogen-bond acceptors (Lipinski definition) is 2. The van der Waals surface area contributed by atoms with Gasteiger partial charge < -0.3 is 0 Å². The van der Waals surface area contributed by atoms with Gasteiger partial charge in [0.15, 0.2) is 0 Å². The lowest BCUT2D eigenvalue weighted by molar-refractivity contribution is 0.660. The van der Waals surface area contributed by atoms with Crippen molar-refractivity contribution in [3.05, 3.63) is 102 Å².